The maximum absolute atomic E-state index is 12.8. The van der Waals surface area contributed by atoms with Gasteiger partial charge in [-0.3, -0.25) is 0 Å². The molecule has 0 spiro atoms. The van der Waals surface area contributed by atoms with Crippen molar-refractivity contribution in [1.82, 2.24) is 13.9 Å². The number of ether oxygens (including phenoxy) is 2. The Morgan fingerprint density at radius 2 is 2.29 bits per heavy atom. The highest BCUT2D eigenvalue weighted by Crippen LogP contribution is 2.43. The number of hydrogen-bond acceptors (Lipinski definition) is 5. The Hall–Kier alpha value is -0.960. The van der Waals surface area contributed by atoms with E-state index in [1.165, 1.54) is 25.6 Å². The van der Waals surface area contributed by atoms with Crippen molar-refractivity contribution in [3.63, 3.8) is 0 Å². The Morgan fingerprint density at radius 1 is 1.46 bits per heavy atom. The molecule has 7 nitrogen and oxygen atoms in total. The summed E-state index contributed by atoms with van der Waals surface area (Å²) in [6.45, 7) is 3.52. The molecule has 3 aliphatic rings. The number of fused-ring (bicyclic) bond motifs is 1. The predicted octanol–water partition coefficient (Wildman–Crippen LogP) is 0.874. The third-order valence-electron chi connectivity index (χ3n) is 5.74. The van der Waals surface area contributed by atoms with Gasteiger partial charge in [0.25, 0.3) is 10.0 Å². The van der Waals surface area contributed by atoms with Gasteiger partial charge in [-0.2, -0.15) is 4.31 Å². The molecule has 1 saturated carbocycles. The average Bonchev–Trinajstić information content (AvgIpc) is 3.15. The highest BCUT2D eigenvalue weighted by atomic mass is 32.2. The molecule has 0 unspecified atom stereocenters. The molecule has 2 aliphatic heterocycles. The summed E-state index contributed by atoms with van der Waals surface area (Å²) in [5, 5.41) is 0.122. The van der Waals surface area contributed by atoms with Gasteiger partial charge in [-0.15, -0.1) is 0 Å². The van der Waals surface area contributed by atoms with Crippen LogP contribution in [0.4, 0.5) is 0 Å². The number of hydrogen-bond donors (Lipinski definition) is 0. The highest BCUT2D eigenvalue weighted by molar-refractivity contribution is 7.89. The number of imidazole rings is 1. The van der Waals surface area contributed by atoms with E-state index in [1.807, 2.05) is 0 Å². The Labute approximate surface area is 143 Å². The van der Waals surface area contributed by atoms with Crippen LogP contribution in [0.3, 0.4) is 0 Å². The molecule has 134 valence electrons. The summed E-state index contributed by atoms with van der Waals surface area (Å²) < 4.78 is 40.5. The van der Waals surface area contributed by atoms with Crippen LogP contribution < -0.4 is 0 Å². The van der Waals surface area contributed by atoms with E-state index in [0.717, 1.165) is 6.61 Å². The fourth-order valence-electron chi connectivity index (χ4n) is 3.91. The molecule has 24 heavy (non-hydrogen) atoms. The first-order chi connectivity index (χ1) is 11.5. The maximum atomic E-state index is 12.8. The Bertz CT molecular complexity index is 700. The number of aryl methyl sites for hydroxylation is 1. The van der Waals surface area contributed by atoms with Crippen molar-refractivity contribution in [2.75, 3.05) is 39.5 Å². The topological polar surface area (TPSA) is 73.7 Å². The normalized spacial score (nSPS) is 31.3. The van der Waals surface area contributed by atoms with E-state index in [9.17, 15) is 8.42 Å². The monoisotopic (exact) mass is 355 g/mol. The van der Waals surface area contributed by atoms with Crippen LogP contribution in [0.15, 0.2) is 17.6 Å². The van der Waals surface area contributed by atoms with E-state index in [4.69, 9.17) is 9.47 Å². The SMILES string of the molecule is Cn1cnc(S(=O)(=O)N2C[C@@H]3COC[C@]3(COCC3CCC3)C2)c1. The van der Waals surface area contributed by atoms with Gasteiger partial charge in [0.15, 0.2) is 5.03 Å². The van der Waals surface area contributed by atoms with Crippen molar-refractivity contribution in [2.24, 2.45) is 24.3 Å². The van der Waals surface area contributed by atoms with Gasteiger partial charge < -0.3 is 14.0 Å². The van der Waals surface area contributed by atoms with Crippen LogP contribution in [0.5, 0.6) is 0 Å². The second kappa shape index (κ2) is 6.09. The van der Waals surface area contributed by atoms with Crippen molar-refractivity contribution in [2.45, 2.75) is 24.3 Å². The largest absolute Gasteiger partial charge is 0.380 e. The lowest BCUT2D eigenvalue weighted by Gasteiger charge is -2.30. The number of sulfonamides is 1. The molecule has 2 saturated heterocycles. The molecule has 0 amide bonds. The molecule has 4 rings (SSSR count). The number of aromatic nitrogens is 2. The van der Waals surface area contributed by atoms with E-state index in [-0.39, 0.29) is 16.4 Å². The first-order valence-corrected chi connectivity index (χ1v) is 10.1. The first-order valence-electron chi connectivity index (χ1n) is 8.63. The molecule has 3 heterocycles. The molecule has 1 aromatic rings. The Kier molecular flexibility index (Phi) is 4.19. The van der Waals surface area contributed by atoms with Gasteiger partial charge in [0.2, 0.25) is 0 Å². The Balaban J connectivity index is 1.46. The predicted molar refractivity (Wildman–Crippen MR) is 86.9 cm³/mol. The zero-order valence-electron chi connectivity index (χ0n) is 14.1. The molecule has 0 bridgehead atoms. The molecule has 2 atom stereocenters. The molecule has 3 fully saturated rings. The standard InChI is InChI=1S/C16H25N3O4S/c1-18-6-15(17-12-18)24(20,21)19-5-14-8-23-11-16(14,9-19)10-22-7-13-3-2-4-13/h6,12-14H,2-5,7-11H2,1H3/t14-,16-/m1/s1. The van der Waals surface area contributed by atoms with Crippen molar-refractivity contribution in [3.8, 4) is 0 Å². The van der Waals surface area contributed by atoms with E-state index in [1.54, 1.807) is 22.1 Å². The van der Waals surface area contributed by atoms with Gasteiger partial charge in [0.1, 0.15) is 0 Å². The first kappa shape index (κ1) is 16.5. The lowest BCUT2D eigenvalue weighted by atomic mass is 9.81. The minimum atomic E-state index is -3.54. The third-order valence-corrected chi connectivity index (χ3v) is 7.44. The number of nitrogens with zero attached hydrogens (tertiary/aromatic N) is 3. The summed E-state index contributed by atoms with van der Waals surface area (Å²) in [6, 6.07) is 0. The summed E-state index contributed by atoms with van der Waals surface area (Å²) in [5.74, 6) is 0.898. The molecular formula is C16H25N3O4S. The maximum Gasteiger partial charge on any atom is 0.262 e. The zero-order chi connectivity index (χ0) is 16.8. The van der Waals surface area contributed by atoms with Gasteiger partial charge >= 0.3 is 0 Å². The minimum Gasteiger partial charge on any atom is -0.380 e. The quantitative estimate of drug-likeness (QED) is 0.757. The summed E-state index contributed by atoms with van der Waals surface area (Å²) in [7, 11) is -1.77. The van der Waals surface area contributed by atoms with Gasteiger partial charge in [-0.1, -0.05) is 6.42 Å². The van der Waals surface area contributed by atoms with Gasteiger partial charge in [0, 0.05) is 44.3 Å². The van der Waals surface area contributed by atoms with Crippen LogP contribution in [-0.4, -0.2) is 61.8 Å². The fraction of sp³-hybridized carbons (Fsp3) is 0.812. The van der Waals surface area contributed by atoms with E-state index < -0.39 is 10.0 Å². The van der Waals surface area contributed by atoms with Gasteiger partial charge in [0.05, 0.1) is 26.1 Å². The van der Waals surface area contributed by atoms with Crippen molar-refractivity contribution in [1.29, 1.82) is 0 Å². The average molecular weight is 355 g/mol. The second-order valence-electron chi connectivity index (χ2n) is 7.56. The van der Waals surface area contributed by atoms with Crippen LogP contribution in [0.2, 0.25) is 0 Å². The van der Waals surface area contributed by atoms with Crippen molar-refractivity contribution >= 4 is 10.0 Å². The molecule has 0 aromatic carbocycles. The Morgan fingerprint density at radius 3 is 2.96 bits per heavy atom. The molecule has 8 heteroatoms. The summed E-state index contributed by atoms with van der Waals surface area (Å²) in [5.41, 5.74) is -0.203. The van der Waals surface area contributed by atoms with E-state index >= 15 is 0 Å². The summed E-state index contributed by atoms with van der Waals surface area (Å²) in [6.07, 6.45) is 6.89. The lowest BCUT2D eigenvalue weighted by Crippen LogP contribution is -2.38. The molecule has 0 radical (unpaired) electrons. The van der Waals surface area contributed by atoms with Crippen molar-refractivity contribution in [3.05, 3.63) is 12.5 Å². The van der Waals surface area contributed by atoms with E-state index in [2.05, 4.69) is 4.98 Å². The fourth-order valence-corrected chi connectivity index (χ4v) is 5.46. The molecule has 1 aromatic heterocycles. The lowest BCUT2D eigenvalue weighted by molar-refractivity contribution is 0.00205. The minimum absolute atomic E-state index is 0.122. The summed E-state index contributed by atoms with van der Waals surface area (Å²) in [4.78, 5) is 4.02. The van der Waals surface area contributed by atoms with Crippen LogP contribution >= 0.6 is 0 Å². The van der Waals surface area contributed by atoms with Crippen LogP contribution in [0, 0.1) is 17.3 Å². The highest BCUT2D eigenvalue weighted by Gasteiger charge is 2.54. The summed E-state index contributed by atoms with van der Waals surface area (Å²) >= 11 is 0. The smallest absolute Gasteiger partial charge is 0.262 e. The molecule has 0 N–H and O–H groups in total. The molecular weight excluding hydrogens is 330 g/mol. The van der Waals surface area contributed by atoms with Gasteiger partial charge in [-0.25, -0.2) is 13.4 Å². The number of rotatable bonds is 6. The van der Waals surface area contributed by atoms with Crippen LogP contribution in [-0.2, 0) is 26.5 Å². The second-order valence-corrected chi connectivity index (χ2v) is 9.45. The van der Waals surface area contributed by atoms with Crippen molar-refractivity contribution < 1.29 is 17.9 Å². The van der Waals surface area contributed by atoms with Crippen LogP contribution in [0.1, 0.15) is 19.3 Å². The third kappa shape index (κ3) is 2.79. The van der Waals surface area contributed by atoms with E-state index in [0.29, 0.717) is 38.8 Å². The molecule has 1 aliphatic carbocycles. The van der Waals surface area contributed by atoms with Gasteiger partial charge in [-0.05, 0) is 18.8 Å². The van der Waals surface area contributed by atoms with Crippen LogP contribution in [0.25, 0.3) is 0 Å². The zero-order valence-corrected chi connectivity index (χ0v) is 14.9.